The molecule has 0 fully saturated rings. The van der Waals surface area contributed by atoms with Gasteiger partial charge in [-0.15, -0.1) is 0 Å². The summed E-state index contributed by atoms with van der Waals surface area (Å²) < 4.78 is 0. The van der Waals surface area contributed by atoms with Gasteiger partial charge in [0.25, 0.3) is 0 Å². The topological polar surface area (TPSA) is 28.7 Å². The van der Waals surface area contributed by atoms with Crippen molar-refractivity contribution in [1.82, 2.24) is 9.97 Å². The maximum atomic E-state index is 4.18. The van der Waals surface area contributed by atoms with E-state index < -0.39 is 0 Å². The van der Waals surface area contributed by atoms with Gasteiger partial charge in [-0.05, 0) is 30.2 Å². The smallest absolute Gasteiger partial charge is 0.113 e. The minimum Gasteiger partial charge on any atom is -0.360 e. The lowest BCUT2D eigenvalue weighted by Crippen LogP contribution is -1.81. The molecule has 0 bridgehead atoms. The van der Waals surface area contributed by atoms with Crippen molar-refractivity contribution in [2.75, 3.05) is 0 Å². The summed E-state index contributed by atoms with van der Waals surface area (Å²) in [5.41, 5.74) is 2.87. The van der Waals surface area contributed by atoms with Crippen LogP contribution in [0.1, 0.15) is 11.3 Å². The molecule has 80 valence electrons. The first-order valence-electron chi connectivity index (χ1n) is 5.43. The first-order valence-corrected chi connectivity index (χ1v) is 5.43. The molecule has 0 saturated heterocycles. The van der Waals surface area contributed by atoms with E-state index in [-0.39, 0.29) is 0 Å². The number of aromatic nitrogens is 2. The molecule has 0 atom stereocenters. The summed E-state index contributed by atoms with van der Waals surface area (Å²) in [5.74, 6) is 6.21. The molecule has 0 amide bonds. The van der Waals surface area contributed by atoms with Gasteiger partial charge in [-0.1, -0.05) is 24.1 Å². The third kappa shape index (κ3) is 1.91. The van der Waals surface area contributed by atoms with E-state index in [0.29, 0.717) is 0 Å². The summed E-state index contributed by atoms with van der Waals surface area (Å²) in [6.07, 6.45) is 3.68. The van der Waals surface area contributed by atoms with Gasteiger partial charge in [0, 0.05) is 23.3 Å². The minimum absolute atomic E-state index is 0.788. The standard InChI is InChI=1S/C15H10N2/c1-2-10-16-14(6-1)8-7-12-4-3-5-13-9-11-17-15(12)13/h1-6,9-11,17H. The quantitative estimate of drug-likeness (QED) is 0.577. The molecule has 2 aromatic heterocycles. The van der Waals surface area contributed by atoms with Crippen LogP contribution in [0.3, 0.4) is 0 Å². The van der Waals surface area contributed by atoms with E-state index in [9.17, 15) is 0 Å². The third-order valence-corrected chi connectivity index (χ3v) is 2.58. The summed E-state index contributed by atoms with van der Waals surface area (Å²) >= 11 is 0. The van der Waals surface area contributed by atoms with E-state index >= 15 is 0 Å². The summed E-state index contributed by atoms with van der Waals surface area (Å²) in [7, 11) is 0. The summed E-state index contributed by atoms with van der Waals surface area (Å²) in [6.45, 7) is 0. The number of nitrogens with one attached hydrogen (secondary N) is 1. The van der Waals surface area contributed by atoms with Gasteiger partial charge in [0.05, 0.1) is 5.52 Å². The second kappa shape index (κ2) is 4.15. The highest BCUT2D eigenvalue weighted by Crippen LogP contribution is 2.15. The SMILES string of the molecule is C(#Cc1cccc2cc[nH]c12)c1ccccn1. The van der Waals surface area contributed by atoms with Crippen LogP contribution in [0.2, 0.25) is 0 Å². The van der Waals surface area contributed by atoms with Crippen LogP contribution in [0.5, 0.6) is 0 Å². The molecule has 0 radical (unpaired) electrons. The Morgan fingerprint density at radius 3 is 2.82 bits per heavy atom. The first kappa shape index (κ1) is 9.68. The van der Waals surface area contributed by atoms with Crippen molar-refractivity contribution in [3.8, 4) is 11.8 Å². The van der Waals surface area contributed by atoms with E-state index in [1.54, 1.807) is 6.20 Å². The lowest BCUT2D eigenvalue weighted by molar-refractivity contribution is 1.29. The van der Waals surface area contributed by atoms with Crippen LogP contribution in [-0.4, -0.2) is 9.97 Å². The Labute approximate surface area is 99.3 Å². The Morgan fingerprint density at radius 2 is 1.94 bits per heavy atom. The normalized spacial score (nSPS) is 9.88. The Bertz CT molecular complexity index is 700. The zero-order valence-electron chi connectivity index (χ0n) is 9.14. The van der Waals surface area contributed by atoms with Crippen LogP contribution in [-0.2, 0) is 0 Å². The van der Waals surface area contributed by atoms with Crippen LogP contribution in [0.25, 0.3) is 10.9 Å². The monoisotopic (exact) mass is 218 g/mol. The molecule has 2 nitrogen and oxygen atoms in total. The van der Waals surface area contributed by atoms with Crippen molar-refractivity contribution < 1.29 is 0 Å². The highest BCUT2D eigenvalue weighted by Gasteiger charge is 1.97. The summed E-state index contributed by atoms with van der Waals surface area (Å²) in [4.78, 5) is 7.38. The minimum atomic E-state index is 0.788. The van der Waals surface area contributed by atoms with Crippen molar-refractivity contribution in [2.24, 2.45) is 0 Å². The fourth-order valence-electron chi connectivity index (χ4n) is 1.76. The van der Waals surface area contributed by atoms with Gasteiger partial charge in [0.15, 0.2) is 0 Å². The van der Waals surface area contributed by atoms with Crippen LogP contribution < -0.4 is 0 Å². The molecule has 0 aliphatic rings. The molecule has 0 saturated carbocycles. The van der Waals surface area contributed by atoms with Gasteiger partial charge in [0.2, 0.25) is 0 Å². The predicted octanol–water partition coefficient (Wildman–Crippen LogP) is 2.96. The molecule has 2 heterocycles. The van der Waals surface area contributed by atoms with Gasteiger partial charge in [0.1, 0.15) is 5.69 Å². The maximum absolute atomic E-state index is 4.18. The highest BCUT2D eigenvalue weighted by molar-refractivity contribution is 5.85. The molecular weight excluding hydrogens is 208 g/mol. The summed E-state index contributed by atoms with van der Waals surface area (Å²) in [6, 6.07) is 13.9. The fourth-order valence-corrected chi connectivity index (χ4v) is 1.76. The predicted molar refractivity (Wildman–Crippen MR) is 68.5 cm³/mol. The third-order valence-electron chi connectivity index (χ3n) is 2.58. The molecule has 17 heavy (non-hydrogen) atoms. The lowest BCUT2D eigenvalue weighted by Gasteiger charge is -1.93. The van der Waals surface area contributed by atoms with Crippen LogP contribution in [0, 0.1) is 11.8 Å². The number of pyridine rings is 1. The Morgan fingerprint density at radius 1 is 0.941 bits per heavy atom. The number of hydrogen-bond donors (Lipinski definition) is 1. The van der Waals surface area contributed by atoms with Gasteiger partial charge in [-0.2, -0.15) is 0 Å². The van der Waals surface area contributed by atoms with Crippen LogP contribution >= 0.6 is 0 Å². The number of hydrogen-bond acceptors (Lipinski definition) is 1. The van der Waals surface area contributed by atoms with E-state index in [1.165, 1.54) is 5.39 Å². The maximum Gasteiger partial charge on any atom is 0.113 e. The lowest BCUT2D eigenvalue weighted by atomic mass is 10.1. The Balaban J connectivity index is 2.06. The molecular formula is C15H10N2. The average molecular weight is 218 g/mol. The number of nitrogens with zero attached hydrogens (tertiary/aromatic N) is 1. The van der Waals surface area contributed by atoms with E-state index in [2.05, 4.69) is 27.9 Å². The Kier molecular flexibility index (Phi) is 2.36. The largest absolute Gasteiger partial charge is 0.360 e. The van der Waals surface area contributed by atoms with Crippen molar-refractivity contribution >= 4 is 10.9 Å². The number of aromatic amines is 1. The van der Waals surface area contributed by atoms with Crippen LogP contribution in [0.15, 0.2) is 54.9 Å². The molecule has 0 aliphatic carbocycles. The molecule has 3 aromatic rings. The molecule has 1 N–H and O–H groups in total. The van der Waals surface area contributed by atoms with Gasteiger partial charge in [-0.25, -0.2) is 4.98 Å². The first-order chi connectivity index (χ1) is 8.43. The van der Waals surface area contributed by atoms with E-state index in [0.717, 1.165) is 16.8 Å². The molecule has 1 aromatic carbocycles. The van der Waals surface area contributed by atoms with E-state index in [1.807, 2.05) is 42.6 Å². The molecule has 3 rings (SSSR count). The summed E-state index contributed by atoms with van der Waals surface area (Å²) in [5, 5.41) is 1.18. The zero-order chi connectivity index (χ0) is 11.5. The van der Waals surface area contributed by atoms with Crippen molar-refractivity contribution in [1.29, 1.82) is 0 Å². The van der Waals surface area contributed by atoms with Gasteiger partial charge < -0.3 is 4.98 Å². The van der Waals surface area contributed by atoms with Gasteiger partial charge >= 0.3 is 0 Å². The Hall–Kier alpha value is -2.53. The number of benzene rings is 1. The number of H-pyrrole nitrogens is 1. The zero-order valence-corrected chi connectivity index (χ0v) is 9.14. The fraction of sp³-hybridized carbons (Fsp3) is 0. The van der Waals surface area contributed by atoms with E-state index in [4.69, 9.17) is 0 Å². The molecule has 0 aliphatic heterocycles. The second-order valence-electron chi connectivity index (χ2n) is 3.71. The van der Waals surface area contributed by atoms with Gasteiger partial charge in [-0.3, -0.25) is 0 Å². The second-order valence-corrected chi connectivity index (χ2v) is 3.71. The van der Waals surface area contributed by atoms with Crippen molar-refractivity contribution in [3.05, 3.63) is 66.1 Å². The van der Waals surface area contributed by atoms with Crippen molar-refractivity contribution in [3.63, 3.8) is 0 Å². The molecule has 0 unspecified atom stereocenters. The molecule has 0 spiro atoms. The number of fused-ring (bicyclic) bond motifs is 1. The number of rotatable bonds is 0. The number of para-hydroxylation sites is 1. The van der Waals surface area contributed by atoms with Crippen LogP contribution in [0.4, 0.5) is 0 Å². The van der Waals surface area contributed by atoms with Crippen molar-refractivity contribution in [2.45, 2.75) is 0 Å². The molecule has 2 heteroatoms. The average Bonchev–Trinajstić information content (AvgIpc) is 2.86. The highest BCUT2D eigenvalue weighted by atomic mass is 14.7.